The van der Waals surface area contributed by atoms with E-state index in [1.165, 1.54) is 0 Å². The van der Waals surface area contributed by atoms with Crippen LogP contribution in [0.4, 0.5) is 17.2 Å². The monoisotopic (exact) mass is 286 g/mol. The van der Waals surface area contributed by atoms with Crippen molar-refractivity contribution < 1.29 is 0 Å². The molecule has 104 valence electrons. The molecule has 20 heavy (non-hydrogen) atoms. The van der Waals surface area contributed by atoms with Crippen molar-refractivity contribution in [3.05, 3.63) is 47.7 Å². The van der Waals surface area contributed by atoms with Crippen LogP contribution in [0, 0.1) is 6.92 Å². The van der Waals surface area contributed by atoms with Gasteiger partial charge in [0.2, 0.25) is 0 Å². The van der Waals surface area contributed by atoms with Crippen LogP contribution in [-0.2, 0) is 0 Å². The molecule has 0 spiro atoms. The minimum atomic E-state index is 0.337. The summed E-state index contributed by atoms with van der Waals surface area (Å²) in [6.07, 6.45) is 0. The fourth-order valence-corrected chi connectivity index (χ4v) is 2.01. The molecule has 0 saturated carbocycles. The smallest absolute Gasteiger partial charge is 0.140 e. The van der Waals surface area contributed by atoms with Gasteiger partial charge in [0.25, 0.3) is 0 Å². The molecule has 0 aliphatic heterocycles. The summed E-state index contributed by atoms with van der Waals surface area (Å²) < 4.78 is 0. The molecule has 0 aliphatic rings. The Hall–Kier alpha value is -2.14. The summed E-state index contributed by atoms with van der Waals surface area (Å²) >= 11 is 5.07. The first-order valence-electron chi connectivity index (χ1n) is 6.29. The molecular formula is C15H18N4S. The number of aromatic nitrogens is 1. The zero-order chi connectivity index (χ0) is 14.7. The molecule has 0 unspecified atom stereocenters. The number of pyridine rings is 1. The van der Waals surface area contributed by atoms with Crippen molar-refractivity contribution in [2.75, 3.05) is 24.3 Å². The lowest BCUT2D eigenvalue weighted by Crippen LogP contribution is -2.13. The molecule has 0 radical (unpaired) electrons. The molecule has 2 aromatic rings. The molecule has 2 rings (SSSR count). The minimum Gasteiger partial charge on any atom is -0.389 e. The second-order valence-corrected chi connectivity index (χ2v) is 5.22. The molecule has 3 N–H and O–H groups in total. The van der Waals surface area contributed by atoms with E-state index in [1.807, 2.05) is 62.3 Å². The first-order valence-corrected chi connectivity index (χ1v) is 6.70. The van der Waals surface area contributed by atoms with Crippen molar-refractivity contribution in [2.45, 2.75) is 6.92 Å². The lowest BCUT2D eigenvalue weighted by molar-refractivity contribution is 1.13. The molecule has 1 aromatic heterocycles. The van der Waals surface area contributed by atoms with Crippen molar-refractivity contribution in [2.24, 2.45) is 5.73 Å². The number of nitrogens with zero attached hydrogens (tertiary/aromatic N) is 2. The van der Waals surface area contributed by atoms with Gasteiger partial charge in [0.1, 0.15) is 10.8 Å². The number of hydrogen-bond donors (Lipinski definition) is 2. The van der Waals surface area contributed by atoms with Crippen LogP contribution in [0.1, 0.15) is 11.3 Å². The van der Waals surface area contributed by atoms with E-state index < -0.39 is 0 Å². The zero-order valence-corrected chi connectivity index (χ0v) is 12.7. The van der Waals surface area contributed by atoms with Crippen molar-refractivity contribution in [1.82, 2.24) is 4.98 Å². The quantitative estimate of drug-likeness (QED) is 0.847. The van der Waals surface area contributed by atoms with E-state index in [2.05, 4.69) is 10.3 Å². The largest absolute Gasteiger partial charge is 0.389 e. The Morgan fingerprint density at radius 1 is 1.25 bits per heavy atom. The van der Waals surface area contributed by atoms with Crippen LogP contribution in [-0.4, -0.2) is 24.1 Å². The number of rotatable bonds is 4. The number of benzene rings is 1. The second kappa shape index (κ2) is 5.88. The van der Waals surface area contributed by atoms with E-state index in [0.29, 0.717) is 10.8 Å². The van der Waals surface area contributed by atoms with Crippen LogP contribution in [0.25, 0.3) is 0 Å². The fraction of sp³-hybridized carbons (Fsp3) is 0.200. The number of nitrogens with two attached hydrogens (primary N) is 1. The molecule has 0 saturated heterocycles. The van der Waals surface area contributed by atoms with Crippen molar-refractivity contribution >= 4 is 34.4 Å². The van der Waals surface area contributed by atoms with Crippen LogP contribution in [0.3, 0.4) is 0 Å². The Labute approximate surface area is 124 Å². The van der Waals surface area contributed by atoms with E-state index in [4.69, 9.17) is 18.0 Å². The topological polar surface area (TPSA) is 54.2 Å². The van der Waals surface area contributed by atoms with Gasteiger partial charge in [0.05, 0.1) is 5.56 Å². The van der Waals surface area contributed by atoms with Crippen LogP contribution in [0.5, 0.6) is 0 Å². The van der Waals surface area contributed by atoms with E-state index in [-0.39, 0.29) is 0 Å². The molecule has 5 heteroatoms. The van der Waals surface area contributed by atoms with Crippen LogP contribution in [0.15, 0.2) is 36.4 Å². The SMILES string of the molecule is Cc1ccc(C(N)=S)c(Nc2cccc(N(C)C)c2)n1. The molecule has 0 atom stereocenters. The van der Waals surface area contributed by atoms with Gasteiger partial charge in [0.15, 0.2) is 0 Å². The zero-order valence-electron chi connectivity index (χ0n) is 11.8. The molecule has 0 bridgehead atoms. The van der Waals surface area contributed by atoms with Crippen LogP contribution in [0.2, 0.25) is 0 Å². The Morgan fingerprint density at radius 3 is 2.65 bits per heavy atom. The minimum absolute atomic E-state index is 0.337. The van der Waals surface area contributed by atoms with Crippen LogP contribution < -0.4 is 16.0 Å². The van der Waals surface area contributed by atoms with E-state index in [0.717, 1.165) is 22.6 Å². The van der Waals surface area contributed by atoms with Gasteiger partial charge in [-0.3, -0.25) is 0 Å². The molecule has 1 aromatic carbocycles. The van der Waals surface area contributed by atoms with E-state index in [9.17, 15) is 0 Å². The highest BCUT2D eigenvalue weighted by atomic mass is 32.1. The van der Waals surface area contributed by atoms with Gasteiger partial charge in [0, 0.05) is 31.2 Å². The van der Waals surface area contributed by atoms with Crippen LogP contribution >= 0.6 is 12.2 Å². The molecule has 0 amide bonds. The second-order valence-electron chi connectivity index (χ2n) is 4.78. The first-order chi connectivity index (χ1) is 9.47. The molecule has 4 nitrogen and oxygen atoms in total. The van der Waals surface area contributed by atoms with Crippen molar-refractivity contribution in [1.29, 1.82) is 0 Å². The lowest BCUT2D eigenvalue weighted by Gasteiger charge is -2.15. The normalized spacial score (nSPS) is 10.2. The highest BCUT2D eigenvalue weighted by Crippen LogP contribution is 2.23. The maximum absolute atomic E-state index is 5.74. The number of hydrogen-bond acceptors (Lipinski definition) is 4. The molecule has 1 heterocycles. The molecule has 0 fully saturated rings. The average molecular weight is 286 g/mol. The lowest BCUT2D eigenvalue weighted by atomic mass is 10.2. The highest BCUT2D eigenvalue weighted by molar-refractivity contribution is 7.80. The maximum atomic E-state index is 5.74. The standard InChI is InChI=1S/C15H18N4S/c1-10-7-8-13(14(16)20)15(17-10)18-11-5-4-6-12(9-11)19(2)3/h4-9H,1-3H3,(H2,16,20)(H,17,18). The Kier molecular flexibility index (Phi) is 4.20. The predicted octanol–water partition coefficient (Wildman–Crippen LogP) is 2.83. The summed E-state index contributed by atoms with van der Waals surface area (Å²) in [6, 6.07) is 11.9. The maximum Gasteiger partial charge on any atom is 0.140 e. The Bertz CT molecular complexity index is 638. The van der Waals surface area contributed by atoms with Gasteiger partial charge in [-0.25, -0.2) is 4.98 Å². The summed E-state index contributed by atoms with van der Waals surface area (Å²) in [6.45, 7) is 1.94. The summed E-state index contributed by atoms with van der Waals surface area (Å²) in [5, 5.41) is 3.28. The van der Waals surface area contributed by atoms with Gasteiger partial charge in [-0.15, -0.1) is 0 Å². The predicted molar refractivity (Wildman–Crippen MR) is 88.9 cm³/mol. The van der Waals surface area contributed by atoms with Gasteiger partial charge in [-0.05, 0) is 37.3 Å². The summed E-state index contributed by atoms with van der Waals surface area (Å²) in [4.78, 5) is 6.85. The van der Waals surface area contributed by atoms with Gasteiger partial charge >= 0.3 is 0 Å². The third kappa shape index (κ3) is 3.24. The van der Waals surface area contributed by atoms with E-state index >= 15 is 0 Å². The molecular weight excluding hydrogens is 268 g/mol. The number of thiocarbonyl (C=S) groups is 1. The van der Waals surface area contributed by atoms with Crippen molar-refractivity contribution in [3.63, 3.8) is 0 Å². The Balaban J connectivity index is 2.36. The highest BCUT2D eigenvalue weighted by Gasteiger charge is 2.08. The van der Waals surface area contributed by atoms with Crippen molar-refractivity contribution in [3.8, 4) is 0 Å². The third-order valence-corrected chi connectivity index (χ3v) is 3.15. The average Bonchev–Trinajstić information content (AvgIpc) is 2.38. The van der Waals surface area contributed by atoms with Gasteiger partial charge in [-0.2, -0.15) is 0 Å². The summed E-state index contributed by atoms with van der Waals surface area (Å²) in [5.41, 5.74) is 9.47. The third-order valence-electron chi connectivity index (χ3n) is 2.93. The van der Waals surface area contributed by atoms with Gasteiger partial charge in [-0.1, -0.05) is 18.3 Å². The number of aryl methyl sites for hydroxylation is 1. The number of anilines is 3. The number of nitrogens with one attached hydrogen (secondary N) is 1. The fourth-order valence-electron chi connectivity index (χ4n) is 1.85. The Morgan fingerprint density at radius 2 is 2.00 bits per heavy atom. The van der Waals surface area contributed by atoms with Gasteiger partial charge < -0.3 is 16.0 Å². The van der Waals surface area contributed by atoms with E-state index in [1.54, 1.807) is 0 Å². The summed E-state index contributed by atoms with van der Waals surface area (Å²) in [5.74, 6) is 0.688. The summed E-state index contributed by atoms with van der Waals surface area (Å²) in [7, 11) is 4.01. The first kappa shape index (κ1) is 14.3. The molecule has 0 aliphatic carbocycles.